The fraction of sp³-hybridized carbons (Fsp3) is 0.833. The lowest BCUT2D eigenvalue weighted by atomic mass is 9.88. The quantitative estimate of drug-likeness (QED) is 0.766. The van der Waals surface area contributed by atoms with Crippen LogP contribution in [0.5, 0.6) is 0 Å². The Morgan fingerprint density at radius 1 is 1.17 bits per heavy atom. The summed E-state index contributed by atoms with van der Waals surface area (Å²) in [5.41, 5.74) is -1.17. The van der Waals surface area contributed by atoms with Gasteiger partial charge in [0.2, 0.25) is 0 Å². The minimum atomic E-state index is -0.496. The Morgan fingerprint density at radius 2 is 1.67 bits per heavy atom. The minimum absolute atomic E-state index is 0.00137. The molecular formula is C18H34BNO4. The minimum Gasteiger partial charge on any atom is -0.444 e. The summed E-state index contributed by atoms with van der Waals surface area (Å²) >= 11 is 0. The molecule has 0 aromatic heterocycles. The van der Waals surface area contributed by atoms with Crippen LogP contribution in [0, 0.1) is 5.92 Å². The van der Waals surface area contributed by atoms with E-state index in [-0.39, 0.29) is 30.5 Å². The Labute approximate surface area is 147 Å². The number of carbonyl (C=O) groups is 1. The Kier molecular flexibility index (Phi) is 6.56. The summed E-state index contributed by atoms with van der Waals surface area (Å²) in [4.78, 5) is 12.0. The molecule has 0 aromatic carbocycles. The van der Waals surface area contributed by atoms with Gasteiger partial charge in [-0.2, -0.15) is 0 Å². The molecule has 5 nitrogen and oxygen atoms in total. The molecule has 1 aliphatic heterocycles. The monoisotopic (exact) mass is 339 g/mol. The maximum atomic E-state index is 12.0. The second-order valence-corrected chi connectivity index (χ2v) is 8.79. The zero-order valence-corrected chi connectivity index (χ0v) is 16.7. The van der Waals surface area contributed by atoms with Crippen molar-refractivity contribution in [2.45, 2.75) is 91.6 Å². The van der Waals surface area contributed by atoms with Gasteiger partial charge < -0.3 is 19.4 Å². The van der Waals surface area contributed by atoms with E-state index in [1.807, 2.05) is 60.5 Å². The Morgan fingerprint density at radius 3 is 2.08 bits per heavy atom. The van der Waals surface area contributed by atoms with E-state index in [0.717, 1.165) is 0 Å². The van der Waals surface area contributed by atoms with Gasteiger partial charge in [-0.25, -0.2) is 4.79 Å². The van der Waals surface area contributed by atoms with Crippen LogP contribution < -0.4 is 5.32 Å². The van der Waals surface area contributed by atoms with Crippen molar-refractivity contribution in [2.75, 3.05) is 0 Å². The third kappa shape index (κ3) is 6.13. The molecule has 1 heterocycles. The predicted octanol–water partition coefficient (Wildman–Crippen LogP) is 4.11. The van der Waals surface area contributed by atoms with Crippen molar-refractivity contribution in [3.05, 3.63) is 12.1 Å². The average Bonchev–Trinajstić information content (AvgIpc) is 2.53. The van der Waals surface area contributed by atoms with Gasteiger partial charge in [-0.15, -0.1) is 0 Å². The summed E-state index contributed by atoms with van der Waals surface area (Å²) in [6.45, 7) is 17.8. The zero-order valence-electron chi connectivity index (χ0n) is 16.7. The van der Waals surface area contributed by atoms with Crippen molar-refractivity contribution in [1.82, 2.24) is 5.32 Å². The number of ether oxygens (including phenoxy) is 1. The van der Waals surface area contributed by atoms with Crippen LogP contribution in [0.2, 0.25) is 0 Å². The van der Waals surface area contributed by atoms with E-state index in [0.29, 0.717) is 12.3 Å². The normalized spacial score (nSPS) is 21.3. The summed E-state index contributed by atoms with van der Waals surface area (Å²) in [6, 6.07) is -0.00137. The SMILES string of the molecule is CC(C)[C@@H](C/C=C/B1OC(C)(C)C(C)(C)O1)NC(=O)OC(C)(C)C. The van der Waals surface area contributed by atoms with Gasteiger partial charge in [-0.05, 0) is 60.8 Å². The van der Waals surface area contributed by atoms with Crippen LogP contribution in [0.15, 0.2) is 12.1 Å². The molecule has 24 heavy (non-hydrogen) atoms. The van der Waals surface area contributed by atoms with Crippen LogP contribution in [0.4, 0.5) is 4.79 Å². The smallest absolute Gasteiger partial charge is 0.444 e. The summed E-state index contributed by atoms with van der Waals surface area (Å²) in [6.07, 6.45) is 2.32. The first-order valence-corrected chi connectivity index (χ1v) is 8.75. The molecule has 1 fully saturated rings. The van der Waals surface area contributed by atoms with Gasteiger partial charge in [-0.1, -0.05) is 25.9 Å². The highest BCUT2D eigenvalue weighted by Gasteiger charge is 2.49. The maximum absolute atomic E-state index is 12.0. The number of hydrogen-bond acceptors (Lipinski definition) is 4. The van der Waals surface area contributed by atoms with E-state index in [9.17, 15) is 4.79 Å². The Bertz CT molecular complexity index is 450. The van der Waals surface area contributed by atoms with Gasteiger partial charge in [0.05, 0.1) is 11.2 Å². The number of alkyl carbamates (subject to hydrolysis) is 1. The number of carbonyl (C=O) groups excluding carboxylic acids is 1. The zero-order chi connectivity index (χ0) is 18.8. The molecule has 0 aromatic rings. The molecular weight excluding hydrogens is 305 g/mol. The second kappa shape index (κ2) is 7.48. The van der Waals surface area contributed by atoms with Crippen molar-refractivity contribution in [1.29, 1.82) is 0 Å². The Hall–Kier alpha value is -1.01. The molecule has 0 aliphatic carbocycles. The lowest BCUT2D eigenvalue weighted by molar-refractivity contribution is 0.00578. The van der Waals surface area contributed by atoms with Crippen LogP contribution in [-0.4, -0.2) is 36.1 Å². The fourth-order valence-electron chi connectivity index (χ4n) is 2.26. The lowest BCUT2D eigenvalue weighted by Crippen LogP contribution is -2.41. The van der Waals surface area contributed by atoms with E-state index < -0.39 is 5.60 Å². The number of nitrogens with one attached hydrogen (secondary N) is 1. The highest BCUT2D eigenvalue weighted by atomic mass is 16.7. The number of hydrogen-bond donors (Lipinski definition) is 1. The van der Waals surface area contributed by atoms with Crippen LogP contribution in [0.3, 0.4) is 0 Å². The summed E-state index contributed by atoms with van der Waals surface area (Å²) in [5, 5.41) is 2.94. The van der Waals surface area contributed by atoms with Gasteiger partial charge in [0.25, 0.3) is 0 Å². The van der Waals surface area contributed by atoms with Gasteiger partial charge >= 0.3 is 13.2 Å². The van der Waals surface area contributed by atoms with Gasteiger partial charge in [0.1, 0.15) is 5.60 Å². The van der Waals surface area contributed by atoms with E-state index >= 15 is 0 Å². The van der Waals surface area contributed by atoms with E-state index in [2.05, 4.69) is 19.2 Å². The first-order chi connectivity index (χ1) is 10.7. The molecule has 1 saturated heterocycles. The van der Waals surface area contributed by atoms with Gasteiger partial charge in [0.15, 0.2) is 0 Å². The second-order valence-electron chi connectivity index (χ2n) is 8.79. The fourth-order valence-corrected chi connectivity index (χ4v) is 2.26. The molecule has 0 bridgehead atoms. The average molecular weight is 339 g/mol. The van der Waals surface area contributed by atoms with Crippen molar-refractivity contribution < 1.29 is 18.8 Å². The summed E-state index contributed by atoms with van der Waals surface area (Å²) in [7, 11) is -0.357. The van der Waals surface area contributed by atoms with Gasteiger partial charge in [0, 0.05) is 6.04 Å². The van der Waals surface area contributed by atoms with Crippen molar-refractivity contribution in [3.8, 4) is 0 Å². The third-order valence-corrected chi connectivity index (χ3v) is 4.46. The summed E-state index contributed by atoms with van der Waals surface area (Å²) < 4.78 is 17.2. The first-order valence-electron chi connectivity index (χ1n) is 8.75. The van der Waals surface area contributed by atoms with E-state index in [4.69, 9.17) is 14.0 Å². The highest BCUT2D eigenvalue weighted by molar-refractivity contribution is 6.51. The standard InChI is InChI=1S/C18H34BNO4/c1-13(2)14(20-15(21)22-16(3,4)5)11-10-12-19-23-17(6,7)18(8,9)24-19/h10,12-14H,11H2,1-9H3,(H,20,21)/b12-10+/t14-/m1/s1. The first kappa shape index (κ1) is 21.0. The molecule has 0 saturated carbocycles. The van der Waals surface area contributed by atoms with Crippen LogP contribution in [0.1, 0.15) is 68.7 Å². The molecule has 0 unspecified atom stereocenters. The predicted molar refractivity (Wildman–Crippen MR) is 97.8 cm³/mol. The topological polar surface area (TPSA) is 56.8 Å². The van der Waals surface area contributed by atoms with Gasteiger partial charge in [-0.3, -0.25) is 0 Å². The molecule has 0 radical (unpaired) electrons. The number of rotatable bonds is 5. The maximum Gasteiger partial charge on any atom is 0.486 e. The van der Waals surface area contributed by atoms with Crippen LogP contribution in [0.25, 0.3) is 0 Å². The molecule has 0 spiro atoms. The van der Waals surface area contributed by atoms with Crippen LogP contribution >= 0.6 is 0 Å². The third-order valence-electron chi connectivity index (χ3n) is 4.46. The molecule has 1 amide bonds. The molecule has 138 valence electrons. The largest absolute Gasteiger partial charge is 0.486 e. The molecule has 1 aliphatic rings. The van der Waals surface area contributed by atoms with Crippen molar-refractivity contribution in [2.24, 2.45) is 5.92 Å². The summed E-state index contributed by atoms with van der Waals surface area (Å²) in [5.74, 6) is 2.21. The van der Waals surface area contributed by atoms with Crippen LogP contribution in [-0.2, 0) is 14.0 Å². The Balaban J connectivity index is 2.57. The molecule has 1 N–H and O–H groups in total. The van der Waals surface area contributed by atoms with Crippen molar-refractivity contribution in [3.63, 3.8) is 0 Å². The number of amides is 1. The van der Waals surface area contributed by atoms with Crippen molar-refractivity contribution >= 4 is 13.2 Å². The molecule has 6 heteroatoms. The van der Waals surface area contributed by atoms with E-state index in [1.54, 1.807) is 0 Å². The highest BCUT2D eigenvalue weighted by Crippen LogP contribution is 2.36. The molecule has 1 atom stereocenters. The lowest BCUT2D eigenvalue weighted by Gasteiger charge is -2.32. The van der Waals surface area contributed by atoms with E-state index in [1.165, 1.54) is 0 Å². The molecule has 1 rings (SSSR count).